The van der Waals surface area contributed by atoms with Crippen molar-refractivity contribution in [3.63, 3.8) is 0 Å². The van der Waals surface area contributed by atoms with Crippen LogP contribution < -0.4 is 0 Å². The largest absolute Gasteiger partial charge is 0.462 e. The van der Waals surface area contributed by atoms with Crippen LogP contribution in [0.4, 0.5) is 26.3 Å². The molecule has 0 radical (unpaired) electrons. The van der Waals surface area contributed by atoms with Crippen LogP contribution in [0, 0.1) is 5.41 Å². The Morgan fingerprint density at radius 1 is 0.733 bits per heavy atom. The van der Waals surface area contributed by atoms with Crippen molar-refractivity contribution in [1.82, 2.24) is 0 Å². The molecule has 30 heavy (non-hydrogen) atoms. The number of esters is 3. The third-order valence-corrected chi connectivity index (χ3v) is 4.29. The van der Waals surface area contributed by atoms with Crippen LogP contribution in [0.15, 0.2) is 0 Å². The van der Waals surface area contributed by atoms with Crippen molar-refractivity contribution in [3.8, 4) is 0 Å². The first-order chi connectivity index (χ1) is 13.5. The fraction of sp³-hybridized carbons (Fsp3) is 0.833. The van der Waals surface area contributed by atoms with Crippen molar-refractivity contribution in [2.75, 3.05) is 13.2 Å². The molecule has 1 aliphatic carbocycles. The Morgan fingerprint density at radius 2 is 1.17 bits per heavy atom. The molecule has 0 unspecified atom stereocenters. The van der Waals surface area contributed by atoms with Gasteiger partial charge in [-0.3, -0.25) is 4.79 Å². The number of rotatable bonds is 8. The molecule has 12 heteroatoms. The summed E-state index contributed by atoms with van der Waals surface area (Å²) in [5.41, 5.74) is -0.971. The van der Waals surface area contributed by atoms with Crippen molar-refractivity contribution >= 4 is 17.9 Å². The molecule has 0 amide bonds. The molecule has 174 valence electrons. The molecule has 1 rings (SSSR count). The van der Waals surface area contributed by atoms with E-state index >= 15 is 0 Å². The van der Waals surface area contributed by atoms with E-state index in [1.807, 2.05) is 0 Å². The highest BCUT2D eigenvalue weighted by molar-refractivity contribution is 5.84. The van der Waals surface area contributed by atoms with Gasteiger partial charge in [-0.15, -0.1) is 0 Å². The average Bonchev–Trinajstić information content (AvgIpc) is 2.64. The summed E-state index contributed by atoms with van der Waals surface area (Å²) in [5.74, 6) is -25.1. The van der Waals surface area contributed by atoms with Gasteiger partial charge in [-0.25, -0.2) is 9.59 Å². The topological polar surface area (TPSA) is 78.9 Å². The lowest BCUT2D eigenvalue weighted by Gasteiger charge is -2.31. The summed E-state index contributed by atoms with van der Waals surface area (Å²) in [7, 11) is 0. The molecule has 6 nitrogen and oxygen atoms in total. The van der Waals surface area contributed by atoms with Crippen LogP contribution in [0.3, 0.4) is 0 Å². The van der Waals surface area contributed by atoms with Crippen LogP contribution >= 0.6 is 0 Å². The molecule has 0 atom stereocenters. The fourth-order valence-electron chi connectivity index (χ4n) is 2.44. The summed E-state index contributed by atoms with van der Waals surface area (Å²) in [6, 6.07) is 0. The lowest BCUT2D eigenvalue weighted by atomic mass is 9.97. The molecule has 0 heterocycles. The van der Waals surface area contributed by atoms with Gasteiger partial charge in [0.15, 0.2) is 0 Å². The van der Waals surface area contributed by atoms with E-state index in [1.54, 1.807) is 0 Å². The average molecular weight is 450 g/mol. The minimum absolute atomic E-state index is 0.138. The second-order valence-electron chi connectivity index (χ2n) is 7.91. The van der Waals surface area contributed by atoms with E-state index in [2.05, 4.69) is 14.2 Å². The Labute approximate surface area is 169 Å². The number of hydrogen-bond acceptors (Lipinski definition) is 6. The second kappa shape index (κ2) is 9.42. The van der Waals surface area contributed by atoms with Gasteiger partial charge in [0.05, 0.1) is 5.41 Å². The number of hydrogen-bond donors (Lipinski definition) is 0. The molecule has 1 aliphatic rings. The van der Waals surface area contributed by atoms with Crippen molar-refractivity contribution in [2.45, 2.75) is 76.7 Å². The van der Waals surface area contributed by atoms with Gasteiger partial charge in [0.2, 0.25) is 0 Å². The quantitative estimate of drug-likeness (QED) is 0.242. The van der Waals surface area contributed by atoms with Gasteiger partial charge >= 0.3 is 35.7 Å². The van der Waals surface area contributed by atoms with Crippen LogP contribution in [0.5, 0.6) is 0 Å². The predicted octanol–water partition coefficient (Wildman–Crippen LogP) is 3.90. The van der Waals surface area contributed by atoms with Gasteiger partial charge in [-0.05, 0) is 46.5 Å². The first kappa shape index (κ1) is 26.0. The van der Waals surface area contributed by atoms with Crippen molar-refractivity contribution < 1.29 is 54.9 Å². The SMILES string of the molecule is CC(C)(C)C(=O)OCCOC(=O)C(F)(F)C(F)(F)C(F)(F)C(=O)OC1CCCCC1. The normalized spacial score (nSPS) is 16.7. The Morgan fingerprint density at radius 3 is 1.63 bits per heavy atom. The Bertz CT molecular complexity index is 638. The van der Waals surface area contributed by atoms with Crippen molar-refractivity contribution in [2.24, 2.45) is 5.41 Å². The molecule has 0 aromatic heterocycles. The maximum atomic E-state index is 13.8. The molecule has 0 N–H and O–H groups in total. The lowest BCUT2D eigenvalue weighted by Crippen LogP contribution is -2.62. The third-order valence-electron chi connectivity index (χ3n) is 4.29. The van der Waals surface area contributed by atoms with Gasteiger partial charge in [-0.1, -0.05) is 6.42 Å². The summed E-state index contributed by atoms with van der Waals surface area (Å²) >= 11 is 0. The van der Waals surface area contributed by atoms with Crippen LogP contribution in [0.25, 0.3) is 0 Å². The molecule has 1 saturated carbocycles. The first-order valence-electron chi connectivity index (χ1n) is 9.24. The zero-order chi connectivity index (χ0) is 23.4. The lowest BCUT2D eigenvalue weighted by molar-refractivity contribution is -0.302. The number of ether oxygens (including phenoxy) is 3. The fourth-order valence-corrected chi connectivity index (χ4v) is 2.44. The van der Waals surface area contributed by atoms with Crippen LogP contribution in [0.2, 0.25) is 0 Å². The predicted molar refractivity (Wildman–Crippen MR) is 89.2 cm³/mol. The van der Waals surface area contributed by atoms with E-state index in [0.29, 0.717) is 12.8 Å². The van der Waals surface area contributed by atoms with E-state index in [-0.39, 0.29) is 12.8 Å². The highest BCUT2D eigenvalue weighted by atomic mass is 19.3. The maximum Gasteiger partial charge on any atom is 0.411 e. The molecule has 1 fully saturated rings. The standard InChI is InChI=1S/C18H24F6O6/c1-15(2,3)12(25)28-9-10-29-13(26)16(19,20)18(23,24)17(21,22)14(27)30-11-7-5-4-6-8-11/h11H,4-10H2,1-3H3. The highest BCUT2D eigenvalue weighted by Gasteiger charge is 2.79. The summed E-state index contributed by atoms with van der Waals surface area (Å²) in [6.07, 6.45) is 0.920. The number of halogens is 6. The maximum absolute atomic E-state index is 13.8. The Kier molecular flexibility index (Phi) is 8.17. The first-order valence-corrected chi connectivity index (χ1v) is 9.24. The molecule has 0 spiro atoms. The van der Waals surface area contributed by atoms with Gasteiger partial charge in [-0.2, -0.15) is 26.3 Å². The van der Waals surface area contributed by atoms with E-state index in [1.165, 1.54) is 20.8 Å². The molecule has 0 saturated heterocycles. The Balaban J connectivity index is 2.74. The third kappa shape index (κ3) is 5.78. The molecular weight excluding hydrogens is 426 g/mol. The van der Waals surface area contributed by atoms with Gasteiger partial charge in [0.1, 0.15) is 19.3 Å². The van der Waals surface area contributed by atoms with Crippen LogP contribution in [-0.4, -0.2) is 55.0 Å². The number of carbonyl (C=O) groups is 3. The van der Waals surface area contributed by atoms with Gasteiger partial charge in [0.25, 0.3) is 0 Å². The molecule has 0 aliphatic heterocycles. The smallest absolute Gasteiger partial charge is 0.411 e. The molecule has 0 aromatic rings. The van der Waals surface area contributed by atoms with E-state index in [9.17, 15) is 40.7 Å². The van der Waals surface area contributed by atoms with Crippen LogP contribution in [0.1, 0.15) is 52.9 Å². The minimum atomic E-state index is -6.41. The minimum Gasteiger partial charge on any atom is -0.462 e. The van der Waals surface area contributed by atoms with Crippen molar-refractivity contribution in [3.05, 3.63) is 0 Å². The monoisotopic (exact) mass is 450 g/mol. The van der Waals surface area contributed by atoms with Crippen LogP contribution in [-0.2, 0) is 28.6 Å². The second-order valence-corrected chi connectivity index (χ2v) is 7.91. The highest BCUT2D eigenvalue weighted by Crippen LogP contribution is 2.47. The molecule has 0 aromatic carbocycles. The number of carbonyl (C=O) groups excluding carboxylic acids is 3. The van der Waals surface area contributed by atoms with Gasteiger partial charge in [0, 0.05) is 0 Å². The van der Waals surface area contributed by atoms with Crippen molar-refractivity contribution in [1.29, 1.82) is 0 Å². The zero-order valence-electron chi connectivity index (χ0n) is 16.7. The summed E-state index contributed by atoms with van der Waals surface area (Å²) in [4.78, 5) is 34.3. The molecule has 0 bridgehead atoms. The Hall–Kier alpha value is -2.01. The summed E-state index contributed by atoms with van der Waals surface area (Å²) in [6.45, 7) is 2.55. The van der Waals surface area contributed by atoms with E-state index < -0.39 is 60.4 Å². The zero-order valence-corrected chi connectivity index (χ0v) is 16.7. The number of alkyl halides is 6. The summed E-state index contributed by atoms with van der Waals surface area (Å²) in [5, 5.41) is 0. The molecular formula is C18H24F6O6. The van der Waals surface area contributed by atoms with E-state index in [4.69, 9.17) is 0 Å². The van der Waals surface area contributed by atoms with E-state index in [0.717, 1.165) is 6.42 Å². The van der Waals surface area contributed by atoms with Gasteiger partial charge < -0.3 is 14.2 Å². The summed E-state index contributed by atoms with van der Waals surface area (Å²) < 4.78 is 95.6.